The van der Waals surface area contributed by atoms with E-state index in [1.807, 2.05) is 6.92 Å². The predicted molar refractivity (Wildman–Crippen MR) is 78.1 cm³/mol. The molecule has 0 aromatic carbocycles. The van der Waals surface area contributed by atoms with Gasteiger partial charge in [-0.3, -0.25) is 10.2 Å². The fraction of sp³-hybridized carbons (Fsp3) is 0.583. The number of urea groups is 1. The molecule has 9 heteroatoms. The number of nitrogens with zero attached hydrogens (tertiary/aromatic N) is 4. The number of aryl methyl sites for hydroxylation is 2. The second-order valence-electron chi connectivity index (χ2n) is 4.69. The molecule has 2 atom stereocenters. The molecule has 1 aliphatic rings. The molecular weight excluding hydrogens is 294 g/mol. The highest BCUT2D eigenvalue weighted by atomic mass is 32.2. The van der Waals surface area contributed by atoms with E-state index in [4.69, 9.17) is 0 Å². The number of aliphatic carboxylic acids is 1. The van der Waals surface area contributed by atoms with Gasteiger partial charge < -0.3 is 5.11 Å². The summed E-state index contributed by atoms with van der Waals surface area (Å²) in [5, 5.41) is 19.3. The zero-order valence-electron chi connectivity index (χ0n) is 12.0. The molecule has 2 N–H and O–H groups in total. The quantitative estimate of drug-likeness (QED) is 0.865. The number of carbonyl (C=O) groups is 2. The van der Waals surface area contributed by atoms with Crippen LogP contribution in [0.2, 0.25) is 0 Å². The van der Waals surface area contributed by atoms with Gasteiger partial charge in [0.2, 0.25) is 0 Å². The summed E-state index contributed by atoms with van der Waals surface area (Å²) in [6, 6.07) is -1.34. The van der Waals surface area contributed by atoms with Gasteiger partial charge in [-0.25, -0.2) is 14.6 Å². The highest BCUT2D eigenvalue weighted by Crippen LogP contribution is 2.31. The third-order valence-corrected chi connectivity index (χ3v) is 4.73. The van der Waals surface area contributed by atoms with Crippen molar-refractivity contribution >= 4 is 29.7 Å². The second-order valence-corrected chi connectivity index (χ2v) is 5.90. The summed E-state index contributed by atoms with van der Waals surface area (Å²) in [6.45, 7) is 5.45. The SMILES string of the molecule is CCC1SCC(C(=O)O)N1C(=O)Nc1nnc(C)c(C)n1. The third-order valence-electron chi connectivity index (χ3n) is 3.27. The number of nitrogens with one attached hydrogen (secondary N) is 1. The molecule has 114 valence electrons. The molecule has 1 saturated heterocycles. The van der Waals surface area contributed by atoms with E-state index in [-0.39, 0.29) is 11.3 Å². The molecule has 0 radical (unpaired) electrons. The van der Waals surface area contributed by atoms with Crippen LogP contribution < -0.4 is 5.32 Å². The van der Waals surface area contributed by atoms with Gasteiger partial charge in [-0.1, -0.05) is 6.92 Å². The Labute approximate surface area is 126 Å². The van der Waals surface area contributed by atoms with Gasteiger partial charge in [0.1, 0.15) is 6.04 Å². The van der Waals surface area contributed by atoms with Crippen LogP contribution in [0.25, 0.3) is 0 Å². The van der Waals surface area contributed by atoms with Crippen LogP contribution in [-0.2, 0) is 4.79 Å². The lowest BCUT2D eigenvalue weighted by Crippen LogP contribution is -2.47. The van der Waals surface area contributed by atoms with Crippen molar-refractivity contribution in [1.82, 2.24) is 20.1 Å². The third kappa shape index (κ3) is 3.23. The van der Waals surface area contributed by atoms with E-state index in [9.17, 15) is 14.7 Å². The molecule has 1 aliphatic heterocycles. The zero-order valence-corrected chi connectivity index (χ0v) is 12.8. The van der Waals surface area contributed by atoms with Crippen molar-refractivity contribution in [3.05, 3.63) is 11.4 Å². The van der Waals surface area contributed by atoms with Crippen LogP contribution in [0, 0.1) is 13.8 Å². The molecule has 2 unspecified atom stereocenters. The van der Waals surface area contributed by atoms with Crippen molar-refractivity contribution < 1.29 is 14.7 Å². The molecule has 0 bridgehead atoms. The molecule has 0 spiro atoms. The molecule has 1 aromatic heterocycles. The maximum atomic E-state index is 12.3. The van der Waals surface area contributed by atoms with Gasteiger partial charge >= 0.3 is 12.0 Å². The summed E-state index contributed by atoms with van der Waals surface area (Å²) in [7, 11) is 0. The Morgan fingerprint density at radius 1 is 1.38 bits per heavy atom. The Morgan fingerprint density at radius 3 is 2.67 bits per heavy atom. The van der Waals surface area contributed by atoms with Crippen molar-refractivity contribution in [3.8, 4) is 0 Å². The Balaban J connectivity index is 2.16. The Kier molecular flexibility index (Phi) is 4.61. The van der Waals surface area contributed by atoms with E-state index >= 15 is 0 Å². The average Bonchev–Trinajstić information content (AvgIpc) is 2.87. The average molecular weight is 311 g/mol. The van der Waals surface area contributed by atoms with E-state index in [0.717, 1.165) is 0 Å². The lowest BCUT2D eigenvalue weighted by Gasteiger charge is -2.26. The highest BCUT2D eigenvalue weighted by molar-refractivity contribution is 8.00. The van der Waals surface area contributed by atoms with Crippen LogP contribution in [-0.4, -0.2) is 54.4 Å². The number of hydrogen-bond acceptors (Lipinski definition) is 6. The number of rotatable bonds is 3. The molecule has 2 rings (SSSR count). The van der Waals surface area contributed by atoms with Crippen LogP contribution >= 0.6 is 11.8 Å². The number of carboxylic acid groups (broad SMARTS) is 1. The van der Waals surface area contributed by atoms with E-state index < -0.39 is 18.0 Å². The number of aromatic nitrogens is 3. The zero-order chi connectivity index (χ0) is 15.6. The number of carboxylic acids is 1. The van der Waals surface area contributed by atoms with E-state index in [1.54, 1.807) is 13.8 Å². The topological polar surface area (TPSA) is 108 Å². The van der Waals surface area contributed by atoms with Crippen molar-refractivity contribution in [2.45, 2.75) is 38.6 Å². The number of thioether (sulfide) groups is 1. The van der Waals surface area contributed by atoms with Gasteiger partial charge in [0.25, 0.3) is 5.95 Å². The molecule has 1 aromatic rings. The molecule has 2 amide bonds. The van der Waals surface area contributed by atoms with Crippen LogP contribution in [0.1, 0.15) is 24.7 Å². The maximum Gasteiger partial charge on any atom is 0.327 e. The van der Waals surface area contributed by atoms with Gasteiger partial charge in [0.15, 0.2) is 0 Å². The minimum absolute atomic E-state index is 0.0824. The van der Waals surface area contributed by atoms with Crippen molar-refractivity contribution in [3.63, 3.8) is 0 Å². The van der Waals surface area contributed by atoms with Crippen LogP contribution in [0.5, 0.6) is 0 Å². The van der Waals surface area contributed by atoms with Crippen molar-refractivity contribution in [2.24, 2.45) is 0 Å². The van der Waals surface area contributed by atoms with Gasteiger partial charge in [0.05, 0.1) is 16.8 Å². The molecule has 0 aliphatic carbocycles. The highest BCUT2D eigenvalue weighted by Gasteiger charge is 2.41. The first kappa shape index (κ1) is 15.5. The normalized spacial score (nSPS) is 21.4. The van der Waals surface area contributed by atoms with Crippen molar-refractivity contribution in [1.29, 1.82) is 0 Å². The molecule has 8 nitrogen and oxygen atoms in total. The first-order valence-corrected chi connectivity index (χ1v) is 7.60. The number of anilines is 1. The number of carbonyl (C=O) groups excluding carboxylic acids is 1. The van der Waals surface area contributed by atoms with Gasteiger partial charge in [-0.15, -0.1) is 16.9 Å². The molecule has 21 heavy (non-hydrogen) atoms. The summed E-state index contributed by atoms with van der Waals surface area (Å²) in [6.07, 6.45) is 0.675. The van der Waals surface area contributed by atoms with E-state index in [0.29, 0.717) is 23.6 Å². The fourth-order valence-electron chi connectivity index (χ4n) is 2.01. The smallest absolute Gasteiger partial charge is 0.327 e. The summed E-state index contributed by atoms with van der Waals surface area (Å²) in [5.41, 5.74) is 1.34. The minimum Gasteiger partial charge on any atom is -0.480 e. The van der Waals surface area contributed by atoms with Crippen molar-refractivity contribution in [2.75, 3.05) is 11.1 Å². The lowest BCUT2D eigenvalue weighted by atomic mass is 10.3. The summed E-state index contributed by atoms with van der Waals surface area (Å²) < 4.78 is 0. The number of hydrogen-bond donors (Lipinski definition) is 2. The minimum atomic E-state index is -1.01. The van der Waals surface area contributed by atoms with E-state index in [2.05, 4.69) is 20.5 Å². The first-order chi connectivity index (χ1) is 9.93. The summed E-state index contributed by atoms with van der Waals surface area (Å²) >= 11 is 1.46. The molecular formula is C12H17N5O3S. The van der Waals surface area contributed by atoms with E-state index in [1.165, 1.54) is 16.7 Å². The first-order valence-electron chi connectivity index (χ1n) is 6.55. The van der Waals surface area contributed by atoms with Gasteiger partial charge in [0, 0.05) is 5.75 Å². The maximum absolute atomic E-state index is 12.3. The second kappa shape index (κ2) is 6.25. The molecule has 2 heterocycles. The molecule has 1 fully saturated rings. The predicted octanol–water partition coefficient (Wildman–Crippen LogP) is 1.26. The number of amides is 2. The monoisotopic (exact) mass is 311 g/mol. The Bertz CT molecular complexity index is 568. The lowest BCUT2D eigenvalue weighted by molar-refractivity contribution is -0.141. The van der Waals surface area contributed by atoms with Crippen LogP contribution in [0.15, 0.2) is 0 Å². The largest absolute Gasteiger partial charge is 0.480 e. The van der Waals surface area contributed by atoms with Gasteiger partial charge in [-0.05, 0) is 20.3 Å². The Hall–Kier alpha value is -1.90. The van der Waals surface area contributed by atoms with Crippen LogP contribution in [0.3, 0.4) is 0 Å². The van der Waals surface area contributed by atoms with Gasteiger partial charge in [-0.2, -0.15) is 5.10 Å². The Morgan fingerprint density at radius 2 is 2.10 bits per heavy atom. The summed E-state index contributed by atoms with van der Waals surface area (Å²) in [5.74, 6) is -0.542. The summed E-state index contributed by atoms with van der Waals surface area (Å²) in [4.78, 5) is 29.0. The standard InChI is InChI=1S/C12H17N5O3S/c1-4-9-17(8(5-21-9)10(18)19)12(20)14-11-13-6(2)7(3)15-16-11/h8-9H,4-5H2,1-3H3,(H,18,19)(H,13,14,16,20). The van der Waals surface area contributed by atoms with Crippen LogP contribution in [0.4, 0.5) is 10.7 Å². The fourth-order valence-corrected chi connectivity index (χ4v) is 3.36. The molecule has 0 saturated carbocycles.